The summed E-state index contributed by atoms with van der Waals surface area (Å²) in [5.41, 5.74) is 3.33. The van der Waals surface area contributed by atoms with E-state index >= 15 is 0 Å². The molecule has 0 spiro atoms. The molecule has 0 amide bonds. The van der Waals surface area contributed by atoms with E-state index in [9.17, 15) is 13.2 Å². The fourth-order valence-corrected chi connectivity index (χ4v) is 4.46. The third kappa shape index (κ3) is 4.31. The van der Waals surface area contributed by atoms with Gasteiger partial charge >= 0.3 is 0 Å². The summed E-state index contributed by atoms with van der Waals surface area (Å²) in [6, 6.07) is 8.31. The van der Waals surface area contributed by atoms with Crippen LogP contribution in [0.3, 0.4) is 0 Å². The molecule has 0 bridgehead atoms. The normalized spacial score (nSPS) is 18.6. The lowest BCUT2D eigenvalue weighted by molar-refractivity contribution is 0.0892. The molecule has 0 radical (unpaired) electrons. The van der Waals surface area contributed by atoms with Crippen molar-refractivity contribution in [2.75, 3.05) is 19.6 Å². The van der Waals surface area contributed by atoms with Crippen molar-refractivity contribution in [3.05, 3.63) is 47.3 Å². The summed E-state index contributed by atoms with van der Waals surface area (Å²) < 4.78 is 24.9. The standard InChI is InChI=1S/C20H27N3O3S/c1-14-5-4-10-22(12-14)13-20(24)19-11-15(2)23(16(19)3)17-6-8-18(9-7-17)27(21,25)26/h6-9,11,14H,4-5,10,12-13H2,1-3H3,(H2,21,25,26). The summed E-state index contributed by atoms with van der Waals surface area (Å²) in [7, 11) is -3.72. The van der Waals surface area contributed by atoms with Gasteiger partial charge in [0, 0.05) is 29.2 Å². The summed E-state index contributed by atoms with van der Waals surface area (Å²) in [6.45, 7) is 8.49. The Morgan fingerprint density at radius 1 is 1.22 bits per heavy atom. The number of hydrogen-bond donors (Lipinski definition) is 1. The number of piperidine rings is 1. The first-order valence-electron chi connectivity index (χ1n) is 9.24. The van der Waals surface area contributed by atoms with Crippen molar-refractivity contribution < 1.29 is 13.2 Å². The average molecular weight is 390 g/mol. The number of aromatic nitrogens is 1. The van der Waals surface area contributed by atoms with Crippen LogP contribution in [0.15, 0.2) is 35.2 Å². The molecule has 2 aromatic rings. The maximum Gasteiger partial charge on any atom is 0.238 e. The van der Waals surface area contributed by atoms with Crippen LogP contribution in [0.1, 0.15) is 41.5 Å². The van der Waals surface area contributed by atoms with Gasteiger partial charge < -0.3 is 4.57 Å². The predicted molar refractivity (Wildman–Crippen MR) is 106 cm³/mol. The number of hydrogen-bond acceptors (Lipinski definition) is 4. The molecule has 146 valence electrons. The van der Waals surface area contributed by atoms with Crippen molar-refractivity contribution >= 4 is 15.8 Å². The van der Waals surface area contributed by atoms with Crippen molar-refractivity contribution in [1.29, 1.82) is 0 Å². The van der Waals surface area contributed by atoms with Crippen LogP contribution in [-0.4, -0.2) is 43.3 Å². The van der Waals surface area contributed by atoms with Crippen LogP contribution in [0.5, 0.6) is 0 Å². The quantitative estimate of drug-likeness (QED) is 0.797. The van der Waals surface area contributed by atoms with Crippen molar-refractivity contribution in [1.82, 2.24) is 9.47 Å². The van der Waals surface area contributed by atoms with Crippen LogP contribution in [0, 0.1) is 19.8 Å². The molecular formula is C20H27N3O3S. The zero-order chi connectivity index (χ0) is 19.8. The number of nitrogens with two attached hydrogens (primary N) is 1. The van der Waals surface area contributed by atoms with Crippen molar-refractivity contribution in [3.8, 4) is 5.69 Å². The maximum absolute atomic E-state index is 12.9. The number of carbonyl (C=O) groups is 1. The molecule has 1 saturated heterocycles. The van der Waals surface area contributed by atoms with E-state index in [4.69, 9.17) is 5.14 Å². The van der Waals surface area contributed by atoms with E-state index in [1.807, 2.05) is 24.5 Å². The van der Waals surface area contributed by atoms with Gasteiger partial charge in [-0.3, -0.25) is 9.69 Å². The minimum Gasteiger partial charge on any atom is -0.318 e. The summed E-state index contributed by atoms with van der Waals surface area (Å²) in [5.74, 6) is 0.765. The van der Waals surface area contributed by atoms with Gasteiger partial charge in [0.2, 0.25) is 10.0 Å². The highest BCUT2D eigenvalue weighted by Crippen LogP contribution is 2.23. The first-order valence-corrected chi connectivity index (χ1v) is 10.8. The Balaban J connectivity index is 1.85. The van der Waals surface area contributed by atoms with E-state index in [1.54, 1.807) is 12.1 Å². The van der Waals surface area contributed by atoms with Crippen LogP contribution >= 0.6 is 0 Å². The average Bonchev–Trinajstić information content (AvgIpc) is 2.89. The number of benzene rings is 1. The van der Waals surface area contributed by atoms with Gasteiger partial charge in [0.15, 0.2) is 5.78 Å². The van der Waals surface area contributed by atoms with Gasteiger partial charge in [-0.25, -0.2) is 13.6 Å². The maximum atomic E-state index is 12.9. The SMILES string of the molecule is Cc1cc(C(=O)CN2CCCC(C)C2)c(C)n1-c1ccc(S(N)(=O)=O)cc1. The number of carbonyl (C=O) groups excluding carboxylic acids is 1. The highest BCUT2D eigenvalue weighted by molar-refractivity contribution is 7.89. The van der Waals surface area contributed by atoms with Crippen LogP contribution in [-0.2, 0) is 10.0 Å². The number of aryl methyl sites for hydroxylation is 1. The first kappa shape index (κ1) is 19.8. The Morgan fingerprint density at radius 2 is 1.89 bits per heavy atom. The molecule has 1 unspecified atom stereocenters. The zero-order valence-corrected chi connectivity index (χ0v) is 16.9. The topological polar surface area (TPSA) is 85.4 Å². The van der Waals surface area contributed by atoms with E-state index in [0.717, 1.165) is 42.1 Å². The molecule has 0 saturated carbocycles. The first-order chi connectivity index (χ1) is 12.7. The molecule has 2 heterocycles. The van der Waals surface area contributed by atoms with Crippen LogP contribution in [0.4, 0.5) is 0 Å². The Bertz CT molecular complexity index is 946. The summed E-state index contributed by atoms with van der Waals surface area (Å²) in [5, 5.41) is 5.16. The van der Waals surface area contributed by atoms with E-state index in [0.29, 0.717) is 12.5 Å². The highest BCUT2D eigenvalue weighted by atomic mass is 32.2. The molecular weight excluding hydrogens is 362 g/mol. The second kappa shape index (κ2) is 7.58. The molecule has 1 fully saturated rings. The monoisotopic (exact) mass is 389 g/mol. The van der Waals surface area contributed by atoms with Crippen LogP contribution < -0.4 is 5.14 Å². The molecule has 6 nitrogen and oxygen atoms in total. The molecule has 1 aliphatic rings. The third-order valence-corrected chi connectivity index (χ3v) is 6.19. The van der Waals surface area contributed by atoms with Gasteiger partial charge in [0.25, 0.3) is 0 Å². The van der Waals surface area contributed by atoms with Gasteiger partial charge in [-0.05, 0) is 69.5 Å². The van der Waals surface area contributed by atoms with Gasteiger partial charge in [0.05, 0.1) is 11.4 Å². The molecule has 1 aromatic carbocycles. The fraction of sp³-hybridized carbons (Fsp3) is 0.450. The molecule has 1 aliphatic heterocycles. The number of nitrogens with zero attached hydrogens (tertiary/aromatic N) is 2. The van der Waals surface area contributed by atoms with Crippen LogP contribution in [0.2, 0.25) is 0 Å². The minimum atomic E-state index is -3.72. The lowest BCUT2D eigenvalue weighted by Crippen LogP contribution is -2.38. The second-order valence-electron chi connectivity index (χ2n) is 7.56. The van der Waals surface area contributed by atoms with E-state index < -0.39 is 10.0 Å². The second-order valence-corrected chi connectivity index (χ2v) is 9.13. The van der Waals surface area contributed by atoms with Crippen molar-refractivity contribution in [3.63, 3.8) is 0 Å². The Hall–Kier alpha value is -1.96. The predicted octanol–water partition coefficient (Wildman–Crippen LogP) is 2.66. The number of likely N-dealkylation sites (tertiary alicyclic amines) is 1. The van der Waals surface area contributed by atoms with Gasteiger partial charge in [-0.1, -0.05) is 6.92 Å². The lowest BCUT2D eigenvalue weighted by atomic mass is 9.99. The summed E-state index contributed by atoms with van der Waals surface area (Å²) in [6.07, 6.45) is 2.37. The minimum absolute atomic E-state index is 0.0734. The van der Waals surface area contributed by atoms with E-state index in [-0.39, 0.29) is 10.7 Å². The number of ketones is 1. The fourth-order valence-electron chi connectivity index (χ4n) is 3.95. The number of Topliss-reactive ketones (excluding diaryl/α,β-unsaturated/α-hetero) is 1. The molecule has 0 aliphatic carbocycles. The zero-order valence-electron chi connectivity index (χ0n) is 16.1. The molecule has 3 rings (SSSR count). The van der Waals surface area contributed by atoms with E-state index in [2.05, 4.69) is 11.8 Å². The largest absolute Gasteiger partial charge is 0.318 e. The van der Waals surface area contributed by atoms with Crippen LogP contribution in [0.25, 0.3) is 5.69 Å². The molecule has 27 heavy (non-hydrogen) atoms. The molecule has 1 atom stereocenters. The smallest absolute Gasteiger partial charge is 0.238 e. The molecule has 1 aromatic heterocycles. The number of sulfonamides is 1. The van der Waals surface area contributed by atoms with Gasteiger partial charge in [-0.15, -0.1) is 0 Å². The van der Waals surface area contributed by atoms with Gasteiger partial charge in [0.1, 0.15) is 0 Å². The molecule has 7 heteroatoms. The lowest BCUT2D eigenvalue weighted by Gasteiger charge is -2.30. The summed E-state index contributed by atoms with van der Waals surface area (Å²) >= 11 is 0. The highest BCUT2D eigenvalue weighted by Gasteiger charge is 2.22. The van der Waals surface area contributed by atoms with Crippen molar-refractivity contribution in [2.24, 2.45) is 11.1 Å². The Labute approximate surface area is 161 Å². The Kier molecular flexibility index (Phi) is 5.55. The number of primary sulfonamides is 1. The number of rotatable bonds is 5. The third-order valence-electron chi connectivity index (χ3n) is 5.26. The van der Waals surface area contributed by atoms with Gasteiger partial charge in [-0.2, -0.15) is 0 Å². The van der Waals surface area contributed by atoms with Crippen molar-refractivity contribution in [2.45, 2.75) is 38.5 Å². The molecule has 2 N–H and O–H groups in total. The van der Waals surface area contributed by atoms with E-state index in [1.165, 1.54) is 18.6 Å². The summed E-state index contributed by atoms with van der Waals surface area (Å²) in [4.78, 5) is 15.2. The Morgan fingerprint density at radius 3 is 2.48 bits per heavy atom.